The van der Waals surface area contributed by atoms with Crippen molar-refractivity contribution in [2.24, 2.45) is 0 Å². The topological polar surface area (TPSA) is 38.5 Å². The number of ether oxygens (including phenoxy) is 1. The van der Waals surface area contributed by atoms with E-state index in [1.54, 1.807) is 0 Å². The maximum Gasteiger partial charge on any atom is 0.0766 e. The summed E-state index contributed by atoms with van der Waals surface area (Å²) in [5.74, 6) is 0. The smallest absolute Gasteiger partial charge is 0.0766 e. The zero-order valence-corrected chi connectivity index (χ0v) is 15.0. The monoisotopic (exact) mass is 306 g/mol. The lowest BCUT2D eigenvalue weighted by Gasteiger charge is -2.20. The quantitative estimate of drug-likeness (QED) is 0.492. The molecule has 0 amide bonds. The predicted molar refractivity (Wildman–Crippen MR) is 94.9 cm³/mol. The molecule has 1 saturated heterocycles. The van der Waals surface area contributed by atoms with Crippen molar-refractivity contribution in [3.8, 4) is 0 Å². The lowest BCUT2D eigenvalue weighted by Crippen LogP contribution is -2.24. The number of nitrogens with zero attached hydrogens (tertiary/aromatic N) is 1. The Bertz CT molecular complexity index is 470. The highest BCUT2D eigenvalue weighted by Crippen LogP contribution is 2.25. The third-order valence-corrected chi connectivity index (χ3v) is 6.04. The number of benzene rings is 1. The van der Waals surface area contributed by atoms with Gasteiger partial charge in [-0.05, 0) is 43.5 Å². The van der Waals surface area contributed by atoms with E-state index in [9.17, 15) is 0 Å². The number of nitrogens with two attached hydrogens (primary N) is 1. The van der Waals surface area contributed by atoms with Crippen LogP contribution in [0, 0.1) is 6.92 Å². The average molecular weight is 307 g/mol. The van der Waals surface area contributed by atoms with Crippen molar-refractivity contribution in [3.05, 3.63) is 23.8 Å². The Morgan fingerprint density at radius 3 is 2.76 bits per heavy atom. The van der Waals surface area contributed by atoms with Gasteiger partial charge < -0.3 is 15.4 Å². The average Bonchev–Trinajstić information content (AvgIpc) is 2.86. The molecule has 2 N–H and O–H groups in total. The molecule has 1 heterocycles. The zero-order chi connectivity index (χ0) is 15.5. The third kappa shape index (κ3) is 5.04. The lowest BCUT2D eigenvalue weighted by molar-refractivity contribution is 0.0686. The fraction of sp³-hybridized carbons (Fsp3) is 0.647. The molecule has 0 aliphatic carbocycles. The van der Waals surface area contributed by atoms with Gasteiger partial charge in [0.2, 0.25) is 0 Å². The van der Waals surface area contributed by atoms with E-state index in [-0.39, 0.29) is 0 Å². The Morgan fingerprint density at radius 2 is 2.10 bits per heavy atom. The first-order valence-electron chi connectivity index (χ1n) is 8.08. The van der Waals surface area contributed by atoms with Crippen molar-refractivity contribution in [1.29, 1.82) is 0 Å². The second kappa shape index (κ2) is 6.84. The number of aryl methyl sites for hydroxylation is 1. The van der Waals surface area contributed by atoms with E-state index >= 15 is 0 Å². The van der Waals surface area contributed by atoms with E-state index in [0.717, 1.165) is 37.4 Å². The minimum Gasteiger partial charge on any atom is -0.399 e. The van der Waals surface area contributed by atoms with Gasteiger partial charge >= 0.3 is 0 Å². The first-order chi connectivity index (χ1) is 9.85. The minimum atomic E-state index is -0.914. The van der Waals surface area contributed by atoms with E-state index in [0.29, 0.717) is 6.10 Å². The molecule has 2 rings (SSSR count). The minimum absolute atomic E-state index is 0.393. The molecule has 1 aromatic carbocycles. The van der Waals surface area contributed by atoms with Crippen LogP contribution >= 0.6 is 0 Å². The summed E-state index contributed by atoms with van der Waals surface area (Å²) in [5, 5.41) is 0. The summed E-state index contributed by atoms with van der Waals surface area (Å²) in [6, 6.07) is 7.67. The van der Waals surface area contributed by atoms with Crippen LogP contribution in [0.4, 0.5) is 11.4 Å². The van der Waals surface area contributed by atoms with Crippen molar-refractivity contribution >= 4 is 19.4 Å². The summed E-state index contributed by atoms with van der Waals surface area (Å²) in [7, 11) is -0.914. The van der Waals surface area contributed by atoms with Gasteiger partial charge in [0.1, 0.15) is 0 Å². The summed E-state index contributed by atoms with van der Waals surface area (Å²) < 4.78 is 6.06. The number of anilines is 2. The van der Waals surface area contributed by atoms with Gasteiger partial charge in [0, 0.05) is 39.1 Å². The molecule has 21 heavy (non-hydrogen) atoms. The maximum absolute atomic E-state index is 6.06. The Hall–Kier alpha value is -1.00. The van der Waals surface area contributed by atoms with Crippen LogP contribution in [0.2, 0.25) is 25.7 Å². The van der Waals surface area contributed by atoms with E-state index in [1.807, 2.05) is 6.07 Å². The van der Waals surface area contributed by atoms with Gasteiger partial charge in [0.15, 0.2) is 0 Å². The van der Waals surface area contributed by atoms with E-state index < -0.39 is 8.07 Å². The third-order valence-electron chi connectivity index (χ3n) is 4.19. The first-order valence-corrected chi connectivity index (χ1v) is 11.8. The van der Waals surface area contributed by atoms with Crippen LogP contribution in [-0.4, -0.2) is 33.9 Å². The maximum atomic E-state index is 6.06. The van der Waals surface area contributed by atoms with Crippen molar-refractivity contribution < 1.29 is 4.74 Å². The Morgan fingerprint density at radius 1 is 1.33 bits per heavy atom. The summed E-state index contributed by atoms with van der Waals surface area (Å²) in [5.41, 5.74) is 9.20. The summed E-state index contributed by atoms with van der Waals surface area (Å²) >= 11 is 0. The fourth-order valence-electron chi connectivity index (χ4n) is 2.81. The lowest BCUT2D eigenvalue weighted by atomic mass is 10.2. The first kappa shape index (κ1) is 16.4. The van der Waals surface area contributed by atoms with Gasteiger partial charge in [0.05, 0.1) is 6.10 Å². The van der Waals surface area contributed by atoms with Gasteiger partial charge in [-0.15, -0.1) is 0 Å². The van der Waals surface area contributed by atoms with Crippen molar-refractivity contribution in [2.45, 2.75) is 51.6 Å². The predicted octanol–water partition coefficient (Wildman–Crippen LogP) is 3.90. The fourth-order valence-corrected chi connectivity index (χ4v) is 4.01. The number of hydrogen-bond acceptors (Lipinski definition) is 3. The Balaban J connectivity index is 1.77. The van der Waals surface area contributed by atoms with Crippen LogP contribution in [-0.2, 0) is 4.74 Å². The van der Waals surface area contributed by atoms with Crippen LogP contribution in [0.15, 0.2) is 18.2 Å². The summed E-state index contributed by atoms with van der Waals surface area (Å²) in [6.07, 6.45) is 2.74. The van der Waals surface area contributed by atoms with E-state index in [2.05, 4.69) is 43.6 Å². The van der Waals surface area contributed by atoms with Crippen LogP contribution in [0.3, 0.4) is 0 Å². The Labute approximate surface area is 130 Å². The Kier molecular flexibility index (Phi) is 5.33. The standard InChI is InChI=1S/C17H30N2OSi/c1-14-12-15(6-7-17(14)18)19-9-8-16(13-19)20-10-5-11-21(2,3)4/h6-7,12,16H,5,8-11,13,18H2,1-4H3. The van der Waals surface area contributed by atoms with Gasteiger partial charge in [-0.1, -0.05) is 25.7 Å². The van der Waals surface area contributed by atoms with Crippen LogP contribution < -0.4 is 10.6 Å². The molecule has 0 spiro atoms. The summed E-state index contributed by atoms with van der Waals surface area (Å²) in [6.45, 7) is 12.4. The molecule has 1 fully saturated rings. The van der Waals surface area contributed by atoms with Crippen LogP contribution in [0.1, 0.15) is 18.4 Å². The van der Waals surface area contributed by atoms with Gasteiger partial charge in [-0.3, -0.25) is 0 Å². The molecule has 1 aliphatic rings. The molecule has 1 atom stereocenters. The molecule has 0 bridgehead atoms. The van der Waals surface area contributed by atoms with Crippen LogP contribution in [0.5, 0.6) is 0 Å². The molecule has 1 aliphatic heterocycles. The van der Waals surface area contributed by atoms with Gasteiger partial charge in [-0.25, -0.2) is 0 Å². The number of hydrogen-bond donors (Lipinski definition) is 1. The molecule has 3 nitrogen and oxygen atoms in total. The molecular weight excluding hydrogens is 276 g/mol. The van der Waals surface area contributed by atoms with E-state index in [4.69, 9.17) is 10.5 Å². The molecule has 118 valence electrons. The highest BCUT2D eigenvalue weighted by atomic mass is 28.3. The second-order valence-corrected chi connectivity index (χ2v) is 13.1. The SMILES string of the molecule is Cc1cc(N2CCC(OCCC[Si](C)(C)C)C2)ccc1N. The molecule has 0 aromatic heterocycles. The highest BCUT2D eigenvalue weighted by molar-refractivity contribution is 6.76. The van der Waals surface area contributed by atoms with Crippen molar-refractivity contribution in [2.75, 3.05) is 30.3 Å². The van der Waals surface area contributed by atoms with Gasteiger partial charge in [0.25, 0.3) is 0 Å². The van der Waals surface area contributed by atoms with E-state index in [1.165, 1.54) is 18.2 Å². The molecule has 1 unspecified atom stereocenters. The van der Waals surface area contributed by atoms with Gasteiger partial charge in [-0.2, -0.15) is 0 Å². The number of nitrogen functional groups attached to an aromatic ring is 1. The normalized spacial score (nSPS) is 19.2. The zero-order valence-electron chi connectivity index (χ0n) is 14.0. The summed E-state index contributed by atoms with van der Waals surface area (Å²) in [4.78, 5) is 2.41. The highest BCUT2D eigenvalue weighted by Gasteiger charge is 2.23. The van der Waals surface area contributed by atoms with Crippen molar-refractivity contribution in [1.82, 2.24) is 0 Å². The number of rotatable bonds is 6. The van der Waals surface area contributed by atoms with Crippen LogP contribution in [0.25, 0.3) is 0 Å². The molecule has 4 heteroatoms. The largest absolute Gasteiger partial charge is 0.399 e. The second-order valence-electron chi connectivity index (χ2n) is 7.43. The molecule has 0 radical (unpaired) electrons. The van der Waals surface area contributed by atoms with Crippen molar-refractivity contribution in [3.63, 3.8) is 0 Å². The molecule has 0 saturated carbocycles. The molecular formula is C17H30N2OSi. The molecule has 1 aromatic rings.